The van der Waals surface area contributed by atoms with Crippen LogP contribution >= 0.6 is 11.3 Å². The number of carbonyl (C=O) groups excluding carboxylic acids is 1. The second kappa shape index (κ2) is 7.23. The van der Waals surface area contributed by atoms with Crippen molar-refractivity contribution in [1.29, 1.82) is 0 Å². The van der Waals surface area contributed by atoms with Crippen molar-refractivity contribution in [3.63, 3.8) is 0 Å². The summed E-state index contributed by atoms with van der Waals surface area (Å²) in [5.74, 6) is 1.62. The Morgan fingerprint density at radius 2 is 2.12 bits per heavy atom. The Kier molecular flexibility index (Phi) is 4.82. The minimum atomic E-state index is -0.0426. The number of likely N-dealkylation sites (N-methyl/N-ethyl adjacent to an activating group) is 1. The maximum atomic E-state index is 11.7. The molecule has 0 atom stereocenters. The number of anilines is 1. The van der Waals surface area contributed by atoms with Crippen LogP contribution in [0.3, 0.4) is 0 Å². The summed E-state index contributed by atoms with van der Waals surface area (Å²) in [5.41, 5.74) is 1.38. The highest BCUT2D eigenvalue weighted by Crippen LogP contribution is 2.39. The average Bonchev–Trinajstić information content (AvgIpc) is 3.21. The molecule has 4 rings (SSSR count). The Labute approximate surface area is 150 Å². The predicted octanol–water partition coefficient (Wildman–Crippen LogP) is -0.247. The highest BCUT2D eigenvalue weighted by atomic mass is 32.1. The first-order valence-corrected chi connectivity index (χ1v) is 9.73. The smallest absolute Gasteiger partial charge is 0.239 e. The molecule has 7 nitrogen and oxygen atoms in total. The zero-order valence-corrected chi connectivity index (χ0v) is 15.3. The lowest BCUT2D eigenvalue weighted by atomic mass is 10.2. The number of fused-ring (bicyclic) bond motifs is 3. The largest absolute Gasteiger partial charge is 0.370 e. The Bertz CT molecular complexity index is 785. The van der Waals surface area contributed by atoms with Crippen LogP contribution in [0.2, 0.25) is 0 Å². The lowest BCUT2D eigenvalue weighted by Gasteiger charge is -2.23. The second-order valence-electron chi connectivity index (χ2n) is 6.59. The number of hydrogen-bond acceptors (Lipinski definition) is 6. The van der Waals surface area contributed by atoms with Crippen LogP contribution in [-0.4, -0.2) is 55.8 Å². The van der Waals surface area contributed by atoms with Crippen LogP contribution in [0.4, 0.5) is 5.82 Å². The summed E-state index contributed by atoms with van der Waals surface area (Å²) < 4.78 is 5.43. The van der Waals surface area contributed by atoms with Gasteiger partial charge in [0, 0.05) is 11.9 Å². The van der Waals surface area contributed by atoms with E-state index in [0.29, 0.717) is 0 Å². The van der Waals surface area contributed by atoms with Gasteiger partial charge < -0.3 is 20.3 Å². The summed E-state index contributed by atoms with van der Waals surface area (Å²) in [4.78, 5) is 25.2. The molecule has 0 radical (unpaired) electrons. The fourth-order valence-corrected chi connectivity index (χ4v) is 4.84. The van der Waals surface area contributed by atoms with Crippen molar-refractivity contribution >= 4 is 33.3 Å². The van der Waals surface area contributed by atoms with Gasteiger partial charge in [-0.25, -0.2) is 9.97 Å². The standard InChI is InChI=1S/C17H23N5O2S/c1-18-14(23)9-19-16-15-11-3-2-4-12(11)25-17(15)21-13(20-16)10-22-5-7-24-8-6-22/h2-10H2,1H3,(H,18,23)(H,19,20,21)/p+1. The lowest BCUT2D eigenvalue weighted by molar-refractivity contribution is -0.922. The minimum Gasteiger partial charge on any atom is -0.370 e. The highest BCUT2D eigenvalue weighted by Gasteiger charge is 2.24. The van der Waals surface area contributed by atoms with Gasteiger partial charge in [0.25, 0.3) is 0 Å². The second-order valence-corrected chi connectivity index (χ2v) is 7.68. The van der Waals surface area contributed by atoms with E-state index in [4.69, 9.17) is 14.7 Å². The molecule has 0 spiro atoms. The molecule has 0 aromatic carbocycles. The molecule has 25 heavy (non-hydrogen) atoms. The van der Waals surface area contributed by atoms with Gasteiger partial charge in [0.05, 0.1) is 25.1 Å². The van der Waals surface area contributed by atoms with E-state index in [1.165, 1.54) is 21.8 Å². The zero-order chi connectivity index (χ0) is 17.2. The topological polar surface area (TPSA) is 80.6 Å². The van der Waals surface area contributed by atoms with Gasteiger partial charge >= 0.3 is 0 Å². The third kappa shape index (κ3) is 3.47. The Balaban J connectivity index is 1.66. The number of quaternary nitrogens is 1. The van der Waals surface area contributed by atoms with E-state index in [0.717, 1.165) is 67.5 Å². The van der Waals surface area contributed by atoms with Crippen LogP contribution in [0.1, 0.15) is 22.7 Å². The first-order valence-electron chi connectivity index (χ1n) is 8.91. The predicted molar refractivity (Wildman–Crippen MR) is 97.2 cm³/mol. The van der Waals surface area contributed by atoms with Crippen molar-refractivity contribution in [3.05, 3.63) is 16.3 Å². The van der Waals surface area contributed by atoms with Gasteiger partial charge in [0.1, 0.15) is 30.3 Å². The molecule has 2 aliphatic rings. The number of ether oxygens (including phenoxy) is 1. The van der Waals surface area contributed by atoms with Gasteiger partial charge in [-0.1, -0.05) is 0 Å². The van der Waals surface area contributed by atoms with Gasteiger partial charge in [-0.3, -0.25) is 4.79 Å². The normalized spacial score (nSPS) is 17.6. The van der Waals surface area contributed by atoms with Crippen LogP contribution in [0.15, 0.2) is 0 Å². The molecule has 8 heteroatoms. The van der Waals surface area contributed by atoms with Gasteiger partial charge in [0.15, 0.2) is 5.82 Å². The maximum Gasteiger partial charge on any atom is 0.239 e. The molecule has 3 N–H and O–H groups in total. The van der Waals surface area contributed by atoms with Crippen molar-refractivity contribution in [2.24, 2.45) is 0 Å². The van der Waals surface area contributed by atoms with E-state index in [1.807, 2.05) is 0 Å². The molecule has 3 heterocycles. The van der Waals surface area contributed by atoms with Crippen molar-refractivity contribution in [2.45, 2.75) is 25.8 Å². The summed E-state index contributed by atoms with van der Waals surface area (Å²) in [6, 6.07) is 0. The molecule has 1 aliphatic carbocycles. The van der Waals surface area contributed by atoms with Gasteiger partial charge in [-0.15, -0.1) is 11.3 Å². The Morgan fingerprint density at radius 1 is 1.28 bits per heavy atom. The van der Waals surface area contributed by atoms with E-state index >= 15 is 0 Å². The van der Waals surface area contributed by atoms with Crippen molar-refractivity contribution < 1.29 is 14.4 Å². The zero-order valence-electron chi connectivity index (χ0n) is 14.5. The molecule has 1 aliphatic heterocycles. The number of aryl methyl sites for hydroxylation is 2. The van der Waals surface area contributed by atoms with E-state index in [9.17, 15) is 4.79 Å². The highest BCUT2D eigenvalue weighted by molar-refractivity contribution is 7.19. The quantitative estimate of drug-likeness (QED) is 0.684. The van der Waals surface area contributed by atoms with Crippen LogP contribution < -0.4 is 15.5 Å². The summed E-state index contributed by atoms with van der Waals surface area (Å²) in [5, 5.41) is 7.02. The van der Waals surface area contributed by atoms with Crippen LogP contribution in [-0.2, 0) is 28.9 Å². The Morgan fingerprint density at radius 3 is 2.92 bits per heavy atom. The SMILES string of the molecule is CNC(=O)CNc1nc(C[NH+]2CCOCC2)nc2sc3c(c12)CCC3. The summed E-state index contributed by atoms with van der Waals surface area (Å²) >= 11 is 1.79. The first-order chi connectivity index (χ1) is 12.2. The number of carbonyl (C=O) groups is 1. The van der Waals surface area contributed by atoms with Crippen molar-refractivity contribution in [1.82, 2.24) is 15.3 Å². The molecular weight excluding hydrogens is 338 g/mol. The monoisotopic (exact) mass is 362 g/mol. The third-order valence-corrected chi connectivity index (χ3v) is 6.10. The van der Waals surface area contributed by atoms with Crippen LogP contribution in [0.5, 0.6) is 0 Å². The average molecular weight is 362 g/mol. The molecule has 1 saturated heterocycles. The van der Waals surface area contributed by atoms with Crippen molar-refractivity contribution in [2.75, 3.05) is 45.2 Å². The molecule has 1 fully saturated rings. The number of nitrogens with one attached hydrogen (secondary N) is 3. The fourth-order valence-electron chi connectivity index (χ4n) is 3.56. The number of thiophene rings is 1. The molecule has 134 valence electrons. The maximum absolute atomic E-state index is 11.7. The molecule has 0 saturated carbocycles. The molecule has 0 unspecified atom stereocenters. The third-order valence-electron chi connectivity index (χ3n) is 4.91. The van der Waals surface area contributed by atoms with Crippen LogP contribution in [0, 0.1) is 0 Å². The summed E-state index contributed by atoms with van der Waals surface area (Å²) in [6.07, 6.45) is 3.42. The number of hydrogen-bond donors (Lipinski definition) is 3. The number of amides is 1. The minimum absolute atomic E-state index is 0.0426. The fraction of sp³-hybridized carbons (Fsp3) is 0.588. The summed E-state index contributed by atoms with van der Waals surface area (Å²) in [6.45, 7) is 4.61. The lowest BCUT2D eigenvalue weighted by Crippen LogP contribution is -3.12. The van der Waals surface area contributed by atoms with Crippen LogP contribution in [0.25, 0.3) is 10.2 Å². The van der Waals surface area contributed by atoms with E-state index in [-0.39, 0.29) is 12.5 Å². The van der Waals surface area contributed by atoms with E-state index in [2.05, 4.69) is 10.6 Å². The first kappa shape index (κ1) is 16.7. The summed E-state index contributed by atoms with van der Waals surface area (Å²) in [7, 11) is 1.65. The molecule has 2 aromatic rings. The molecule has 2 aromatic heterocycles. The van der Waals surface area contributed by atoms with Crippen molar-refractivity contribution in [3.8, 4) is 0 Å². The van der Waals surface area contributed by atoms with Gasteiger partial charge in [0.2, 0.25) is 5.91 Å². The number of morpholine rings is 1. The number of rotatable bonds is 5. The molecule has 1 amide bonds. The Hall–Kier alpha value is -1.77. The number of nitrogens with zero attached hydrogens (tertiary/aromatic N) is 2. The molecular formula is C17H24N5O2S+. The van der Waals surface area contributed by atoms with E-state index < -0.39 is 0 Å². The van der Waals surface area contributed by atoms with Gasteiger partial charge in [-0.2, -0.15) is 0 Å². The number of aromatic nitrogens is 2. The van der Waals surface area contributed by atoms with E-state index in [1.54, 1.807) is 18.4 Å². The molecule has 0 bridgehead atoms. The van der Waals surface area contributed by atoms with Gasteiger partial charge in [-0.05, 0) is 24.8 Å².